The Balaban J connectivity index is 2.46. The van der Waals surface area contributed by atoms with Gasteiger partial charge in [0, 0.05) is 19.6 Å². The van der Waals surface area contributed by atoms with Crippen molar-refractivity contribution in [3.8, 4) is 0 Å². The molecule has 4 heteroatoms. The van der Waals surface area contributed by atoms with Crippen LogP contribution in [0.3, 0.4) is 0 Å². The van der Waals surface area contributed by atoms with Gasteiger partial charge in [0.2, 0.25) is 5.91 Å². The van der Waals surface area contributed by atoms with Crippen molar-refractivity contribution in [3.05, 3.63) is 0 Å². The summed E-state index contributed by atoms with van der Waals surface area (Å²) in [4.78, 5) is 16.3. The molecule has 1 rings (SSSR count). The van der Waals surface area contributed by atoms with Crippen LogP contribution in [0.1, 0.15) is 33.1 Å². The van der Waals surface area contributed by atoms with Crippen LogP contribution < -0.4 is 5.73 Å². The monoisotopic (exact) mass is 241 g/mol. The molecule has 2 N–H and O–H groups in total. The normalized spacial score (nSPS) is 24.6. The number of hydrogen-bond donors (Lipinski definition) is 1. The Kier molecular flexibility index (Phi) is 5.40. The highest BCUT2D eigenvalue weighted by molar-refractivity contribution is 5.81. The number of amides is 1. The lowest BCUT2D eigenvalue weighted by atomic mass is 9.99. The topological polar surface area (TPSA) is 49.6 Å². The van der Waals surface area contributed by atoms with Gasteiger partial charge in [-0.3, -0.25) is 4.79 Å². The molecule has 2 unspecified atom stereocenters. The minimum absolute atomic E-state index is 0.0830. The summed E-state index contributed by atoms with van der Waals surface area (Å²) in [6.07, 6.45) is 3.37. The van der Waals surface area contributed by atoms with Crippen LogP contribution in [0.5, 0.6) is 0 Å². The van der Waals surface area contributed by atoms with Gasteiger partial charge in [0.1, 0.15) is 0 Å². The highest BCUT2D eigenvalue weighted by Gasteiger charge is 2.27. The first-order valence-corrected chi connectivity index (χ1v) is 6.68. The molecule has 3 atom stereocenters. The van der Waals surface area contributed by atoms with E-state index in [9.17, 15) is 4.79 Å². The molecule has 0 aliphatic carbocycles. The van der Waals surface area contributed by atoms with Crippen LogP contribution in [0, 0.1) is 5.92 Å². The maximum absolute atomic E-state index is 12.1. The Bertz CT molecular complexity index is 257. The molecular weight excluding hydrogens is 214 g/mol. The lowest BCUT2D eigenvalue weighted by Gasteiger charge is -2.29. The van der Waals surface area contributed by atoms with Gasteiger partial charge in [0.15, 0.2) is 0 Å². The van der Waals surface area contributed by atoms with Crippen molar-refractivity contribution in [3.63, 3.8) is 0 Å². The molecule has 1 heterocycles. The van der Waals surface area contributed by atoms with E-state index in [0.29, 0.717) is 6.04 Å². The van der Waals surface area contributed by atoms with Gasteiger partial charge in [-0.25, -0.2) is 0 Å². The van der Waals surface area contributed by atoms with Crippen LogP contribution >= 0.6 is 0 Å². The lowest BCUT2D eigenvalue weighted by molar-refractivity contribution is -0.133. The quantitative estimate of drug-likeness (QED) is 0.778. The Labute approximate surface area is 105 Å². The van der Waals surface area contributed by atoms with E-state index in [1.54, 1.807) is 0 Å². The summed E-state index contributed by atoms with van der Waals surface area (Å²) in [5, 5.41) is 0. The third kappa shape index (κ3) is 3.68. The Morgan fingerprint density at radius 1 is 1.59 bits per heavy atom. The summed E-state index contributed by atoms with van der Waals surface area (Å²) in [5.41, 5.74) is 5.98. The molecule has 0 bridgehead atoms. The predicted molar refractivity (Wildman–Crippen MR) is 70.7 cm³/mol. The number of nitrogens with two attached hydrogens (primary N) is 1. The van der Waals surface area contributed by atoms with E-state index in [0.717, 1.165) is 19.5 Å². The zero-order chi connectivity index (χ0) is 13.0. The number of rotatable bonds is 5. The Hall–Kier alpha value is -0.610. The molecule has 1 aliphatic heterocycles. The molecule has 1 saturated heterocycles. The zero-order valence-electron chi connectivity index (χ0n) is 11.6. The van der Waals surface area contributed by atoms with E-state index in [-0.39, 0.29) is 17.9 Å². The number of nitrogens with zero attached hydrogens (tertiary/aromatic N) is 2. The van der Waals surface area contributed by atoms with Gasteiger partial charge in [-0.1, -0.05) is 20.3 Å². The molecule has 0 saturated carbocycles. The van der Waals surface area contributed by atoms with Crippen LogP contribution in [0.15, 0.2) is 0 Å². The van der Waals surface area contributed by atoms with Crippen LogP contribution in [-0.4, -0.2) is 55.0 Å². The molecule has 4 nitrogen and oxygen atoms in total. The number of hydrogen-bond acceptors (Lipinski definition) is 3. The third-order valence-corrected chi connectivity index (χ3v) is 4.07. The molecular formula is C13H27N3O. The number of carbonyl (C=O) groups excluding carboxylic acids is 1. The van der Waals surface area contributed by atoms with E-state index < -0.39 is 0 Å². The van der Waals surface area contributed by atoms with Crippen LogP contribution in [-0.2, 0) is 4.79 Å². The molecule has 1 fully saturated rings. The van der Waals surface area contributed by atoms with Crippen molar-refractivity contribution in [2.45, 2.75) is 45.2 Å². The smallest absolute Gasteiger partial charge is 0.239 e. The molecule has 1 aliphatic rings. The molecule has 0 aromatic carbocycles. The molecule has 100 valence electrons. The number of carbonyl (C=O) groups is 1. The molecule has 0 aromatic heterocycles. The SMILES string of the molecule is CCC(C)[C@H](N)C(=O)N(C)CC1CCCN1C. The van der Waals surface area contributed by atoms with Crippen molar-refractivity contribution in [2.24, 2.45) is 11.7 Å². The number of likely N-dealkylation sites (tertiary alicyclic amines) is 1. The van der Waals surface area contributed by atoms with Crippen LogP contribution in [0.4, 0.5) is 0 Å². The first-order chi connectivity index (χ1) is 7.97. The summed E-state index contributed by atoms with van der Waals surface area (Å²) in [7, 11) is 4.00. The van der Waals surface area contributed by atoms with Crippen molar-refractivity contribution in [2.75, 3.05) is 27.2 Å². The average molecular weight is 241 g/mol. The largest absolute Gasteiger partial charge is 0.343 e. The number of likely N-dealkylation sites (N-methyl/N-ethyl adjacent to an activating group) is 2. The standard InChI is InChI=1S/C13H27N3O/c1-5-10(2)12(14)13(17)16(4)9-11-7-6-8-15(11)3/h10-12H,5-9,14H2,1-4H3/t10?,11?,12-/m0/s1. The van der Waals surface area contributed by atoms with Gasteiger partial charge >= 0.3 is 0 Å². The van der Waals surface area contributed by atoms with Crippen molar-refractivity contribution in [1.29, 1.82) is 0 Å². The summed E-state index contributed by atoms with van der Waals surface area (Å²) in [6.45, 7) is 6.06. The van der Waals surface area contributed by atoms with Gasteiger partial charge in [-0.05, 0) is 32.4 Å². The maximum Gasteiger partial charge on any atom is 0.239 e. The van der Waals surface area contributed by atoms with Crippen molar-refractivity contribution in [1.82, 2.24) is 9.80 Å². The summed E-state index contributed by atoms with van der Waals surface area (Å²) in [6, 6.07) is 0.157. The second-order valence-corrected chi connectivity index (χ2v) is 5.41. The van der Waals surface area contributed by atoms with E-state index >= 15 is 0 Å². The fourth-order valence-electron chi connectivity index (χ4n) is 2.37. The molecule has 0 aromatic rings. The van der Waals surface area contributed by atoms with Gasteiger partial charge in [-0.2, -0.15) is 0 Å². The first kappa shape index (κ1) is 14.5. The molecule has 1 amide bonds. The van der Waals surface area contributed by atoms with Crippen molar-refractivity contribution >= 4 is 5.91 Å². The van der Waals surface area contributed by atoms with Gasteiger partial charge < -0.3 is 15.5 Å². The van der Waals surface area contributed by atoms with E-state index in [4.69, 9.17) is 5.73 Å². The fraction of sp³-hybridized carbons (Fsp3) is 0.923. The van der Waals surface area contributed by atoms with E-state index in [2.05, 4.69) is 18.9 Å². The van der Waals surface area contributed by atoms with Crippen LogP contribution in [0.2, 0.25) is 0 Å². The van der Waals surface area contributed by atoms with Gasteiger partial charge in [0.25, 0.3) is 0 Å². The second-order valence-electron chi connectivity index (χ2n) is 5.41. The second kappa shape index (κ2) is 6.36. The minimum atomic E-state index is -0.350. The van der Waals surface area contributed by atoms with Crippen LogP contribution in [0.25, 0.3) is 0 Å². The van der Waals surface area contributed by atoms with Gasteiger partial charge in [0.05, 0.1) is 6.04 Å². The maximum atomic E-state index is 12.1. The highest BCUT2D eigenvalue weighted by atomic mass is 16.2. The fourth-order valence-corrected chi connectivity index (χ4v) is 2.37. The Morgan fingerprint density at radius 3 is 2.71 bits per heavy atom. The predicted octanol–water partition coefficient (Wildman–Crippen LogP) is 0.912. The average Bonchev–Trinajstić information content (AvgIpc) is 2.72. The minimum Gasteiger partial charge on any atom is -0.343 e. The molecule has 0 spiro atoms. The van der Waals surface area contributed by atoms with Gasteiger partial charge in [-0.15, -0.1) is 0 Å². The summed E-state index contributed by atoms with van der Waals surface area (Å²) >= 11 is 0. The highest BCUT2D eigenvalue weighted by Crippen LogP contribution is 2.16. The zero-order valence-corrected chi connectivity index (χ0v) is 11.6. The Morgan fingerprint density at radius 2 is 2.24 bits per heavy atom. The molecule has 0 radical (unpaired) electrons. The summed E-state index contributed by atoms with van der Waals surface area (Å²) < 4.78 is 0. The van der Waals surface area contributed by atoms with E-state index in [1.165, 1.54) is 12.8 Å². The first-order valence-electron chi connectivity index (χ1n) is 6.68. The van der Waals surface area contributed by atoms with Crippen molar-refractivity contribution < 1.29 is 4.79 Å². The third-order valence-electron chi connectivity index (χ3n) is 4.07. The van der Waals surface area contributed by atoms with E-state index in [1.807, 2.05) is 18.9 Å². The lowest BCUT2D eigenvalue weighted by Crippen LogP contribution is -2.48. The summed E-state index contributed by atoms with van der Waals surface area (Å²) in [5.74, 6) is 0.339. The molecule has 17 heavy (non-hydrogen) atoms.